The summed E-state index contributed by atoms with van der Waals surface area (Å²) in [4.78, 5) is 30.7. The first-order valence-corrected chi connectivity index (χ1v) is 9.99. The molecule has 0 atom stereocenters. The summed E-state index contributed by atoms with van der Waals surface area (Å²) in [7, 11) is 1.54. The van der Waals surface area contributed by atoms with Crippen molar-refractivity contribution in [3.8, 4) is 0 Å². The summed E-state index contributed by atoms with van der Waals surface area (Å²) in [6.07, 6.45) is 1.97. The summed E-state index contributed by atoms with van der Waals surface area (Å²) in [6, 6.07) is 14.8. The zero-order valence-electron chi connectivity index (χ0n) is 16.0. The third-order valence-electron chi connectivity index (χ3n) is 4.46. The molecule has 5 nitrogen and oxygen atoms in total. The Hall–Kier alpha value is -2.70. The van der Waals surface area contributed by atoms with Gasteiger partial charge in [-0.1, -0.05) is 30.3 Å². The minimum atomic E-state index is -0.572. The monoisotopic (exact) mass is 395 g/mol. The molecule has 6 heteroatoms. The molecule has 0 N–H and O–H groups in total. The van der Waals surface area contributed by atoms with Crippen LogP contribution in [0.3, 0.4) is 0 Å². The summed E-state index contributed by atoms with van der Waals surface area (Å²) < 4.78 is 10.5. The Labute approximate surface area is 168 Å². The van der Waals surface area contributed by atoms with Crippen LogP contribution >= 0.6 is 11.8 Å². The second kappa shape index (κ2) is 8.99. The molecule has 2 aromatic carbocycles. The molecule has 0 aliphatic rings. The molecule has 0 unspecified atom stereocenters. The van der Waals surface area contributed by atoms with E-state index in [2.05, 4.69) is 4.98 Å². The number of methoxy groups -OCH3 is 1. The lowest BCUT2D eigenvalue weighted by molar-refractivity contribution is 0.0469. The minimum absolute atomic E-state index is 0.181. The summed E-state index contributed by atoms with van der Waals surface area (Å²) in [6.45, 7) is 1.71. The van der Waals surface area contributed by atoms with Gasteiger partial charge in [0.1, 0.15) is 0 Å². The molecule has 0 saturated carbocycles. The molecule has 28 heavy (non-hydrogen) atoms. The fourth-order valence-corrected chi connectivity index (χ4v) is 3.42. The highest BCUT2D eigenvalue weighted by molar-refractivity contribution is 7.98. The van der Waals surface area contributed by atoms with Crippen molar-refractivity contribution >= 4 is 34.4 Å². The number of benzene rings is 2. The second-order valence-electron chi connectivity index (χ2n) is 6.24. The van der Waals surface area contributed by atoms with Crippen LogP contribution in [0, 0.1) is 6.92 Å². The predicted octanol–water partition coefficient (Wildman–Crippen LogP) is 4.45. The fraction of sp³-hybridized carbons (Fsp3) is 0.227. The number of aromatic nitrogens is 1. The van der Waals surface area contributed by atoms with Crippen molar-refractivity contribution in [1.29, 1.82) is 0 Å². The van der Waals surface area contributed by atoms with Crippen LogP contribution in [0.15, 0.2) is 53.4 Å². The van der Waals surface area contributed by atoms with Crippen molar-refractivity contribution in [2.75, 3.05) is 20.0 Å². The van der Waals surface area contributed by atoms with E-state index in [1.165, 1.54) is 0 Å². The molecule has 0 spiro atoms. The number of carbonyl (C=O) groups is 2. The van der Waals surface area contributed by atoms with Gasteiger partial charge >= 0.3 is 5.97 Å². The van der Waals surface area contributed by atoms with E-state index in [0.717, 1.165) is 21.4 Å². The smallest absolute Gasteiger partial charge is 0.340 e. The maximum Gasteiger partial charge on any atom is 0.340 e. The van der Waals surface area contributed by atoms with Gasteiger partial charge in [-0.3, -0.25) is 4.79 Å². The number of fused-ring (bicyclic) bond motifs is 1. The molecular weight excluding hydrogens is 374 g/mol. The van der Waals surface area contributed by atoms with Gasteiger partial charge in [0.2, 0.25) is 0 Å². The van der Waals surface area contributed by atoms with Crippen LogP contribution < -0.4 is 0 Å². The normalized spacial score (nSPS) is 10.8. The molecular formula is C22H21NO4S. The maximum absolute atomic E-state index is 12.8. The predicted molar refractivity (Wildman–Crippen MR) is 110 cm³/mol. The minimum Gasteiger partial charge on any atom is -0.454 e. The number of para-hydroxylation sites is 1. The van der Waals surface area contributed by atoms with Crippen LogP contribution in [0.1, 0.15) is 32.0 Å². The Kier molecular flexibility index (Phi) is 6.44. The zero-order chi connectivity index (χ0) is 20.1. The number of hydrogen-bond donors (Lipinski definition) is 0. The zero-order valence-corrected chi connectivity index (χ0v) is 16.8. The van der Waals surface area contributed by atoms with E-state index in [0.29, 0.717) is 16.8 Å². The van der Waals surface area contributed by atoms with Gasteiger partial charge in [-0.15, -0.1) is 11.8 Å². The van der Waals surface area contributed by atoms with Gasteiger partial charge in [0, 0.05) is 23.0 Å². The van der Waals surface area contributed by atoms with Gasteiger partial charge < -0.3 is 9.47 Å². The second-order valence-corrected chi connectivity index (χ2v) is 7.12. The van der Waals surface area contributed by atoms with Gasteiger partial charge in [-0.25, -0.2) is 9.78 Å². The number of carbonyl (C=O) groups excluding carboxylic acids is 2. The molecule has 1 heterocycles. The number of esters is 1. The SMILES string of the molecule is COCc1nc2ccccc2c(C)c1C(=O)OCC(=O)c1ccc(SC)cc1. The highest BCUT2D eigenvalue weighted by Crippen LogP contribution is 2.24. The molecule has 0 fully saturated rings. The van der Waals surface area contributed by atoms with Crippen LogP contribution in [-0.4, -0.2) is 36.7 Å². The fourth-order valence-electron chi connectivity index (χ4n) is 3.02. The summed E-state index contributed by atoms with van der Waals surface area (Å²) in [5.41, 5.74) is 2.91. The van der Waals surface area contributed by atoms with Crippen molar-refractivity contribution in [1.82, 2.24) is 4.98 Å². The lowest BCUT2D eigenvalue weighted by atomic mass is 10.0. The largest absolute Gasteiger partial charge is 0.454 e. The number of rotatable bonds is 7. The average Bonchev–Trinajstić information content (AvgIpc) is 2.72. The first-order valence-electron chi connectivity index (χ1n) is 8.76. The highest BCUT2D eigenvalue weighted by Gasteiger charge is 2.21. The van der Waals surface area contributed by atoms with E-state index < -0.39 is 5.97 Å². The van der Waals surface area contributed by atoms with Crippen molar-refractivity contribution < 1.29 is 19.1 Å². The third-order valence-corrected chi connectivity index (χ3v) is 5.20. The molecule has 0 saturated heterocycles. The lowest BCUT2D eigenvalue weighted by Gasteiger charge is -2.13. The lowest BCUT2D eigenvalue weighted by Crippen LogP contribution is -2.18. The summed E-state index contributed by atoms with van der Waals surface area (Å²) in [5.74, 6) is -0.822. The van der Waals surface area contributed by atoms with Gasteiger partial charge in [-0.05, 0) is 36.9 Å². The molecule has 144 valence electrons. The molecule has 0 aliphatic heterocycles. The molecule has 0 bridgehead atoms. The van der Waals surface area contributed by atoms with E-state index in [-0.39, 0.29) is 19.0 Å². The van der Waals surface area contributed by atoms with E-state index in [1.54, 1.807) is 31.0 Å². The number of ether oxygens (including phenoxy) is 2. The summed E-state index contributed by atoms with van der Waals surface area (Å²) >= 11 is 1.60. The Morgan fingerprint density at radius 2 is 1.79 bits per heavy atom. The molecule has 0 aliphatic carbocycles. The first kappa shape index (κ1) is 20.0. The number of ketones is 1. The first-order chi connectivity index (χ1) is 13.5. The van der Waals surface area contributed by atoms with Gasteiger partial charge in [-0.2, -0.15) is 0 Å². The highest BCUT2D eigenvalue weighted by atomic mass is 32.2. The number of hydrogen-bond acceptors (Lipinski definition) is 6. The van der Waals surface area contributed by atoms with E-state index in [4.69, 9.17) is 9.47 Å². The van der Waals surface area contributed by atoms with Gasteiger partial charge in [0.15, 0.2) is 12.4 Å². The standard InChI is InChI=1S/C22H21NO4S/c1-14-17-6-4-5-7-18(17)23-19(12-26-2)21(14)22(25)27-13-20(24)15-8-10-16(28-3)11-9-15/h4-11H,12-13H2,1-3H3. The topological polar surface area (TPSA) is 65.5 Å². The average molecular weight is 395 g/mol. The molecule has 1 aromatic heterocycles. The van der Waals surface area contributed by atoms with Gasteiger partial charge in [0.25, 0.3) is 0 Å². The number of nitrogens with zero attached hydrogens (tertiary/aromatic N) is 1. The molecule has 0 radical (unpaired) electrons. The molecule has 0 amide bonds. The molecule has 3 aromatic rings. The van der Waals surface area contributed by atoms with Crippen LogP contribution in [0.25, 0.3) is 10.9 Å². The molecule has 3 rings (SSSR count). The van der Waals surface area contributed by atoms with E-state index >= 15 is 0 Å². The number of pyridine rings is 1. The van der Waals surface area contributed by atoms with E-state index in [9.17, 15) is 9.59 Å². The van der Waals surface area contributed by atoms with Crippen molar-refractivity contribution in [3.05, 3.63) is 70.9 Å². The van der Waals surface area contributed by atoms with Crippen LogP contribution in [0.4, 0.5) is 0 Å². The quantitative estimate of drug-likeness (QED) is 0.334. The third kappa shape index (κ3) is 4.24. The van der Waals surface area contributed by atoms with Crippen molar-refractivity contribution in [3.63, 3.8) is 0 Å². The number of aryl methyl sites for hydroxylation is 1. The van der Waals surface area contributed by atoms with Crippen LogP contribution in [0.2, 0.25) is 0 Å². The number of thioether (sulfide) groups is 1. The maximum atomic E-state index is 12.8. The van der Waals surface area contributed by atoms with E-state index in [1.807, 2.05) is 49.6 Å². The van der Waals surface area contributed by atoms with Crippen molar-refractivity contribution in [2.24, 2.45) is 0 Å². The Morgan fingerprint density at radius 1 is 1.07 bits per heavy atom. The summed E-state index contributed by atoms with van der Waals surface area (Å²) in [5, 5.41) is 0.869. The van der Waals surface area contributed by atoms with Crippen molar-refractivity contribution in [2.45, 2.75) is 18.4 Å². The van der Waals surface area contributed by atoms with Crippen LogP contribution in [0.5, 0.6) is 0 Å². The Bertz CT molecular complexity index is 1010. The number of Topliss-reactive ketones (excluding diaryl/α,β-unsaturated/α-hetero) is 1. The Balaban J connectivity index is 1.83. The van der Waals surface area contributed by atoms with Crippen LogP contribution in [-0.2, 0) is 16.1 Å². The van der Waals surface area contributed by atoms with Gasteiger partial charge in [0.05, 0.1) is 23.4 Å². The Morgan fingerprint density at radius 3 is 2.46 bits per heavy atom.